The Morgan fingerprint density at radius 3 is 2.39 bits per heavy atom. The Kier molecular flexibility index (Phi) is 6.70. The van der Waals surface area contributed by atoms with E-state index in [2.05, 4.69) is 0 Å². The molecule has 0 radical (unpaired) electrons. The molecular formula is C12H16FNO3S. The topological polar surface area (TPSA) is 60.8 Å². The van der Waals surface area contributed by atoms with Crippen molar-refractivity contribution >= 4 is 17.7 Å². The van der Waals surface area contributed by atoms with Crippen LogP contribution in [-0.2, 0) is 4.79 Å². The van der Waals surface area contributed by atoms with Gasteiger partial charge in [0.15, 0.2) is 0 Å². The van der Waals surface area contributed by atoms with E-state index in [9.17, 15) is 9.18 Å². The maximum absolute atomic E-state index is 13.3. The van der Waals surface area contributed by atoms with Crippen molar-refractivity contribution in [3.63, 3.8) is 0 Å². The summed E-state index contributed by atoms with van der Waals surface area (Å²) >= 11 is 1.11. The number of carbonyl (C=O) groups is 1. The third-order valence-electron chi connectivity index (χ3n) is 2.28. The molecule has 18 heavy (non-hydrogen) atoms. The number of carbonyl (C=O) groups excluding carboxylic acids is 1. The number of aliphatic hydroxyl groups is 2. The van der Waals surface area contributed by atoms with Crippen molar-refractivity contribution in [1.82, 2.24) is 4.90 Å². The van der Waals surface area contributed by atoms with Gasteiger partial charge in [-0.15, -0.1) is 11.8 Å². The van der Waals surface area contributed by atoms with Gasteiger partial charge in [0.1, 0.15) is 5.82 Å². The highest BCUT2D eigenvalue weighted by molar-refractivity contribution is 8.00. The van der Waals surface area contributed by atoms with Crippen molar-refractivity contribution in [2.45, 2.75) is 4.90 Å². The lowest BCUT2D eigenvalue weighted by atomic mass is 10.3. The lowest BCUT2D eigenvalue weighted by molar-refractivity contribution is -0.129. The summed E-state index contributed by atoms with van der Waals surface area (Å²) in [5.41, 5.74) is 0. The molecule has 0 aromatic heterocycles. The highest BCUT2D eigenvalue weighted by Gasteiger charge is 2.13. The first kappa shape index (κ1) is 14.9. The monoisotopic (exact) mass is 273 g/mol. The van der Waals surface area contributed by atoms with E-state index >= 15 is 0 Å². The average molecular weight is 273 g/mol. The fourth-order valence-electron chi connectivity index (χ4n) is 1.40. The molecule has 4 nitrogen and oxygen atoms in total. The Morgan fingerprint density at radius 2 is 1.83 bits per heavy atom. The smallest absolute Gasteiger partial charge is 0.233 e. The van der Waals surface area contributed by atoms with Gasteiger partial charge in [-0.2, -0.15) is 0 Å². The van der Waals surface area contributed by atoms with Crippen LogP contribution in [0.25, 0.3) is 0 Å². The Bertz CT molecular complexity index is 383. The molecule has 0 saturated heterocycles. The summed E-state index contributed by atoms with van der Waals surface area (Å²) in [6, 6.07) is 6.24. The minimum Gasteiger partial charge on any atom is -0.395 e. The van der Waals surface area contributed by atoms with E-state index in [1.165, 1.54) is 11.0 Å². The zero-order valence-electron chi connectivity index (χ0n) is 9.88. The second-order valence-electron chi connectivity index (χ2n) is 3.55. The lowest BCUT2D eigenvalue weighted by Crippen LogP contribution is -2.37. The van der Waals surface area contributed by atoms with Crippen LogP contribution in [0.15, 0.2) is 29.2 Å². The van der Waals surface area contributed by atoms with E-state index in [0.29, 0.717) is 4.90 Å². The summed E-state index contributed by atoms with van der Waals surface area (Å²) in [6.07, 6.45) is 0. The number of benzene rings is 1. The largest absolute Gasteiger partial charge is 0.395 e. The van der Waals surface area contributed by atoms with Crippen molar-refractivity contribution < 1.29 is 19.4 Å². The van der Waals surface area contributed by atoms with Crippen LogP contribution in [0.2, 0.25) is 0 Å². The normalized spacial score (nSPS) is 10.4. The van der Waals surface area contributed by atoms with Gasteiger partial charge in [-0.1, -0.05) is 12.1 Å². The molecule has 0 aliphatic rings. The molecule has 0 aliphatic carbocycles. The van der Waals surface area contributed by atoms with Crippen LogP contribution in [0.5, 0.6) is 0 Å². The molecule has 100 valence electrons. The van der Waals surface area contributed by atoms with Gasteiger partial charge in [-0.3, -0.25) is 4.79 Å². The molecule has 0 aliphatic heterocycles. The van der Waals surface area contributed by atoms with Crippen LogP contribution in [0.3, 0.4) is 0 Å². The van der Waals surface area contributed by atoms with Crippen LogP contribution >= 0.6 is 11.8 Å². The first-order valence-corrected chi connectivity index (χ1v) is 6.54. The number of nitrogens with zero attached hydrogens (tertiary/aromatic N) is 1. The van der Waals surface area contributed by atoms with Gasteiger partial charge in [0, 0.05) is 18.0 Å². The van der Waals surface area contributed by atoms with Crippen LogP contribution in [0.1, 0.15) is 0 Å². The van der Waals surface area contributed by atoms with Crippen molar-refractivity contribution in [2.75, 3.05) is 32.1 Å². The second kappa shape index (κ2) is 8.07. The number of halogens is 1. The SMILES string of the molecule is O=C(CSc1ccccc1F)N(CCO)CCO. The third-order valence-corrected chi connectivity index (χ3v) is 3.31. The Labute approximate surface area is 109 Å². The molecule has 0 fully saturated rings. The zero-order chi connectivity index (χ0) is 13.4. The molecule has 0 heterocycles. The molecule has 6 heteroatoms. The fraction of sp³-hybridized carbons (Fsp3) is 0.417. The summed E-state index contributed by atoms with van der Waals surface area (Å²) < 4.78 is 13.3. The van der Waals surface area contributed by atoms with Crippen molar-refractivity contribution in [1.29, 1.82) is 0 Å². The maximum Gasteiger partial charge on any atom is 0.233 e. The van der Waals surface area contributed by atoms with E-state index in [1.807, 2.05) is 0 Å². The van der Waals surface area contributed by atoms with Gasteiger partial charge < -0.3 is 15.1 Å². The highest BCUT2D eigenvalue weighted by atomic mass is 32.2. The number of amides is 1. The summed E-state index contributed by atoms with van der Waals surface area (Å²) in [6.45, 7) is 0.0423. The van der Waals surface area contributed by atoms with Crippen molar-refractivity contribution in [3.8, 4) is 0 Å². The predicted octanol–water partition coefficient (Wildman–Crippen LogP) is 0.731. The standard InChI is InChI=1S/C12H16FNO3S/c13-10-3-1-2-4-11(10)18-9-12(17)14(5-7-15)6-8-16/h1-4,15-16H,5-9H2. The minimum absolute atomic E-state index is 0.0843. The molecular weight excluding hydrogens is 257 g/mol. The van der Waals surface area contributed by atoms with E-state index < -0.39 is 0 Å². The summed E-state index contributed by atoms with van der Waals surface area (Å²) in [5.74, 6) is -0.501. The molecule has 0 unspecified atom stereocenters. The quantitative estimate of drug-likeness (QED) is 0.719. The lowest BCUT2D eigenvalue weighted by Gasteiger charge is -2.20. The van der Waals surface area contributed by atoms with Crippen molar-refractivity contribution in [3.05, 3.63) is 30.1 Å². The molecule has 0 saturated carbocycles. The van der Waals surface area contributed by atoms with Crippen LogP contribution in [0, 0.1) is 5.82 Å². The van der Waals surface area contributed by atoms with Crippen LogP contribution in [-0.4, -0.2) is 53.1 Å². The molecule has 0 bridgehead atoms. The van der Waals surface area contributed by atoms with Gasteiger partial charge >= 0.3 is 0 Å². The molecule has 1 amide bonds. The van der Waals surface area contributed by atoms with E-state index in [-0.39, 0.29) is 43.8 Å². The number of rotatable bonds is 7. The van der Waals surface area contributed by atoms with Gasteiger partial charge in [0.25, 0.3) is 0 Å². The summed E-state index contributed by atoms with van der Waals surface area (Å²) in [4.78, 5) is 13.5. The van der Waals surface area contributed by atoms with E-state index in [1.54, 1.807) is 18.2 Å². The summed E-state index contributed by atoms with van der Waals surface area (Å²) in [7, 11) is 0. The molecule has 2 N–H and O–H groups in total. The fourth-order valence-corrected chi connectivity index (χ4v) is 2.24. The number of hydrogen-bond donors (Lipinski definition) is 2. The molecule has 0 spiro atoms. The Hall–Kier alpha value is -1.11. The van der Waals surface area contributed by atoms with Gasteiger partial charge in [-0.05, 0) is 12.1 Å². The zero-order valence-corrected chi connectivity index (χ0v) is 10.7. The van der Waals surface area contributed by atoms with Gasteiger partial charge in [0.05, 0.1) is 19.0 Å². The van der Waals surface area contributed by atoms with Crippen LogP contribution < -0.4 is 0 Å². The number of hydrogen-bond acceptors (Lipinski definition) is 4. The average Bonchev–Trinajstić information content (AvgIpc) is 2.37. The van der Waals surface area contributed by atoms with E-state index in [0.717, 1.165) is 11.8 Å². The summed E-state index contributed by atoms with van der Waals surface area (Å²) in [5, 5.41) is 17.6. The maximum atomic E-state index is 13.3. The van der Waals surface area contributed by atoms with Crippen LogP contribution in [0.4, 0.5) is 4.39 Å². The Balaban J connectivity index is 2.51. The molecule has 1 aromatic rings. The first-order chi connectivity index (χ1) is 8.69. The molecule has 1 aromatic carbocycles. The Morgan fingerprint density at radius 1 is 1.22 bits per heavy atom. The van der Waals surface area contributed by atoms with Gasteiger partial charge in [0.2, 0.25) is 5.91 Å². The van der Waals surface area contributed by atoms with Crippen molar-refractivity contribution in [2.24, 2.45) is 0 Å². The predicted molar refractivity (Wildman–Crippen MR) is 67.9 cm³/mol. The third kappa shape index (κ3) is 4.64. The molecule has 1 rings (SSSR count). The highest BCUT2D eigenvalue weighted by Crippen LogP contribution is 2.21. The minimum atomic E-state index is -0.355. The number of aliphatic hydroxyl groups excluding tert-OH is 2. The number of thioether (sulfide) groups is 1. The van der Waals surface area contributed by atoms with Gasteiger partial charge in [-0.25, -0.2) is 4.39 Å². The molecule has 0 atom stereocenters. The second-order valence-corrected chi connectivity index (χ2v) is 4.56. The first-order valence-electron chi connectivity index (χ1n) is 5.56. The van der Waals surface area contributed by atoms with E-state index in [4.69, 9.17) is 10.2 Å².